The number of hydrogen-bond acceptors (Lipinski definition) is 2. The van der Waals surface area contributed by atoms with Crippen molar-refractivity contribution in [3.8, 4) is 0 Å². The molecule has 0 spiro atoms. The predicted octanol–water partition coefficient (Wildman–Crippen LogP) is 2.52. The molecule has 0 heterocycles. The van der Waals surface area contributed by atoms with E-state index in [2.05, 4.69) is 13.2 Å². The highest BCUT2D eigenvalue weighted by molar-refractivity contribution is 4.79. The summed E-state index contributed by atoms with van der Waals surface area (Å²) in [6, 6.07) is 0. The lowest BCUT2D eigenvalue weighted by Crippen LogP contribution is -2.03. The van der Waals surface area contributed by atoms with Gasteiger partial charge in [0.1, 0.15) is 0 Å². The van der Waals surface area contributed by atoms with E-state index in [0.717, 1.165) is 0 Å². The van der Waals surface area contributed by atoms with Crippen molar-refractivity contribution in [1.82, 2.24) is 0 Å². The molecule has 0 saturated heterocycles. The van der Waals surface area contributed by atoms with E-state index in [9.17, 15) is 0 Å². The molecule has 0 aromatic heterocycles. The van der Waals surface area contributed by atoms with Crippen molar-refractivity contribution in [2.75, 3.05) is 6.61 Å². The van der Waals surface area contributed by atoms with Crippen LogP contribution in [0.5, 0.6) is 0 Å². The molecule has 2 nitrogen and oxygen atoms in total. The Kier molecular flexibility index (Phi) is 19.6. The van der Waals surface area contributed by atoms with Gasteiger partial charge in [0, 0.05) is 0 Å². The van der Waals surface area contributed by atoms with Crippen molar-refractivity contribution in [2.24, 2.45) is 0 Å². The van der Waals surface area contributed by atoms with E-state index in [-0.39, 0.29) is 6.61 Å². The minimum atomic E-state index is -0.560. The number of aliphatic hydroxyl groups is 2. The summed E-state index contributed by atoms with van der Waals surface area (Å²) in [5.74, 6) is 0. The molecule has 0 aliphatic rings. The molecule has 0 aliphatic carbocycles. The summed E-state index contributed by atoms with van der Waals surface area (Å²) in [6.45, 7) is 16.4. The third-order valence-electron chi connectivity index (χ3n) is 0.264. The molecule has 2 N–H and O–H groups in total. The first-order valence-corrected chi connectivity index (χ1v) is 4.27. The summed E-state index contributed by atoms with van der Waals surface area (Å²) in [5.41, 5.74) is 2.33. The van der Waals surface area contributed by atoms with Crippen LogP contribution in [-0.2, 0) is 0 Å². The summed E-state index contributed by atoms with van der Waals surface area (Å²) in [6.07, 6.45) is -0.560. The maximum atomic E-state index is 8.11. The van der Waals surface area contributed by atoms with Gasteiger partial charge in [-0.2, -0.15) is 0 Å². The SMILES string of the molecule is C=C(C)C.C=C(C)C.CC(O)CO. The van der Waals surface area contributed by atoms with Gasteiger partial charge in [0.2, 0.25) is 0 Å². The molecule has 0 aromatic carbocycles. The van der Waals surface area contributed by atoms with E-state index in [4.69, 9.17) is 10.2 Å². The van der Waals surface area contributed by atoms with Crippen molar-refractivity contribution >= 4 is 0 Å². The molecule has 0 bridgehead atoms. The quantitative estimate of drug-likeness (QED) is 0.621. The minimum absolute atomic E-state index is 0.139. The topological polar surface area (TPSA) is 40.5 Å². The van der Waals surface area contributed by atoms with Gasteiger partial charge in [-0.25, -0.2) is 0 Å². The Labute approximate surface area is 82.6 Å². The standard InChI is InChI=1S/2C4H8.C3H8O2/c2*1-4(2)3;1-3(5)2-4/h2*1H2,2-3H3;3-5H,2H2,1H3. The molecule has 0 saturated carbocycles. The zero-order chi connectivity index (χ0) is 11.4. The Bertz CT molecular complexity index is 106. The van der Waals surface area contributed by atoms with E-state index in [0.29, 0.717) is 0 Å². The Morgan fingerprint density at radius 3 is 1.15 bits per heavy atom. The van der Waals surface area contributed by atoms with E-state index >= 15 is 0 Å². The van der Waals surface area contributed by atoms with Crippen molar-refractivity contribution in [2.45, 2.75) is 40.7 Å². The molecule has 2 heteroatoms. The normalized spacial score (nSPS) is 9.77. The number of aliphatic hydroxyl groups excluding tert-OH is 2. The van der Waals surface area contributed by atoms with Crippen LogP contribution in [0, 0.1) is 0 Å². The maximum Gasteiger partial charge on any atom is 0.0742 e. The van der Waals surface area contributed by atoms with Crippen LogP contribution in [0.25, 0.3) is 0 Å². The Morgan fingerprint density at radius 1 is 1.08 bits per heavy atom. The van der Waals surface area contributed by atoms with Crippen LogP contribution in [-0.4, -0.2) is 22.9 Å². The first kappa shape index (κ1) is 18.2. The van der Waals surface area contributed by atoms with Gasteiger partial charge in [-0.15, -0.1) is 13.2 Å². The average molecular weight is 188 g/mol. The molecular formula is C11H24O2. The fourth-order valence-corrected chi connectivity index (χ4v) is 0. The van der Waals surface area contributed by atoms with Crippen molar-refractivity contribution < 1.29 is 10.2 Å². The molecule has 0 radical (unpaired) electrons. The summed E-state index contributed by atoms with van der Waals surface area (Å²) < 4.78 is 0. The van der Waals surface area contributed by atoms with Gasteiger partial charge in [-0.3, -0.25) is 0 Å². The third-order valence-corrected chi connectivity index (χ3v) is 0.264. The van der Waals surface area contributed by atoms with Gasteiger partial charge in [-0.1, -0.05) is 11.1 Å². The fraction of sp³-hybridized carbons (Fsp3) is 0.636. The zero-order valence-corrected chi connectivity index (χ0v) is 9.59. The Balaban J connectivity index is -0.000000117. The number of allylic oxidation sites excluding steroid dienone is 2. The van der Waals surface area contributed by atoms with Crippen molar-refractivity contribution in [3.63, 3.8) is 0 Å². The van der Waals surface area contributed by atoms with Crippen LogP contribution in [0.2, 0.25) is 0 Å². The molecule has 0 aliphatic heterocycles. The molecular weight excluding hydrogens is 164 g/mol. The Hall–Kier alpha value is -0.600. The number of hydrogen-bond donors (Lipinski definition) is 2. The highest BCUT2D eigenvalue weighted by Crippen LogP contribution is 1.74. The van der Waals surface area contributed by atoms with E-state index in [1.54, 1.807) is 0 Å². The van der Waals surface area contributed by atoms with Gasteiger partial charge in [-0.05, 0) is 34.6 Å². The van der Waals surface area contributed by atoms with E-state index < -0.39 is 6.10 Å². The molecule has 0 amide bonds. The summed E-state index contributed by atoms with van der Waals surface area (Å²) >= 11 is 0. The molecule has 1 unspecified atom stereocenters. The van der Waals surface area contributed by atoms with Gasteiger partial charge in [0.25, 0.3) is 0 Å². The third kappa shape index (κ3) is 514. The lowest BCUT2D eigenvalue weighted by Gasteiger charge is -1.90. The van der Waals surface area contributed by atoms with Crippen LogP contribution in [0.3, 0.4) is 0 Å². The predicted molar refractivity (Wildman–Crippen MR) is 59.7 cm³/mol. The lowest BCUT2D eigenvalue weighted by atomic mass is 10.4. The van der Waals surface area contributed by atoms with Crippen molar-refractivity contribution in [1.29, 1.82) is 0 Å². The summed E-state index contributed by atoms with van der Waals surface area (Å²) in [4.78, 5) is 0. The van der Waals surface area contributed by atoms with Gasteiger partial charge in [0.15, 0.2) is 0 Å². The molecule has 13 heavy (non-hydrogen) atoms. The minimum Gasteiger partial charge on any atom is -0.394 e. The largest absolute Gasteiger partial charge is 0.394 e. The second kappa shape index (κ2) is 14.0. The van der Waals surface area contributed by atoms with Crippen LogP contribution >= 0.6 is 0 Å². The first-order chi connectivity index (χ1) is 5.73. The second-order valence-electron chi connectivity index (χ2n) is 3.45. The molecule has 0 rings (SSSR count). The van der Waals surface area contributed by atoms with E-state index in [1.807, 2.05) is 27.7 Å². The monoisotopic (exact) mass is 188 g/mol. The Morgan fingerprint density at radius 2 is 1.15 bits per heavy atom. The van der Waals surface area contributed by atoms with Crippen molar-refractivity contribution in [3.05, 3.63) is 24.3 Å². The fourth-order valence-electron chi connectivity index (χ4n) is 0. The molecule has 1 atom stereocenters. The zero-order valence-electron chi connectivity index (χ0n) is 9.59. The van der Waals surface area contributed by atoms with Crippen LogP contribution in [0.4, 0.5) is 0 Å². The van der Waals surface area contributed by atoms with Gasteiger partial charge >= 0.3 is 0 Å². The maximum absolute atomic E-state index is 8.11. The first-order valence-electron chi connectivity index (χ1n) is 4.27. The smallest absolute Gasteiger partial charge is 0.0742 e. The van der Waals surface area contributed by atoms with Crippen LogP contribution in [0.1, 0.15) is 34.6 Å². The molecule has 0 aromatic rings. The second-order valence-corrected chi connectivity index (χ2v) is 3.45. The number of rotatable bonds is 1. The van der Waals surface area contributed by atoms with E-state index in [1.165, 1.54) is 18.1 Å². The lowest BCUT2D eigenvalue weighted by molar-refractivity contribution is 0.110. The van der Waals surface area contributed by atoms with Crippen LogP contribution in [0.15, 0.2) is 24.3 Å². The summed E-state index contributed by atoms with van der Waals surface area (Å²) in [5, 5.41) is 16.0. The average Bonchev–Trinajstić information content (AvgIpc) is 1.84. The van der Waals surface area contributed by atoms with Gasteiger partial charge < -0.3 is 10.2 Å². The highest BCUT2D eigenvalue weighted by atomic mass is 16.3. The van der Waals surface area contributed by atoms with Crippen LogP contribution < -0.4 is 0 Å². The van der Waals surface area contributed by atoms with Gasteiger partial charge in [0.05, 0.1) is 12.7 Å². The molecule has 0 fully saturated rings. The highest BCUT2D eigenvalue weighted by Gasteiger charge is 1.83. The molecule has 80 valence electrons. The summed E-state index contributed by atoms with van der Waals surface area (Å²) in [7, 11) is 0.